The molecule has 8 heteroatoms. The van der Waals surface area contributed by atoms with E-state index in [-0.39, 0.29) is 17.5 Å². The number of carbonyl (C=O) groups excluding carboxylic acids is 1. The Morgan fingerprint density at radius 1 is 1.17 bits per heavy atom. The van der Waals surface area contributed by atoms with Gasteiger partial charge in [0.1, 0.15) is 11.4 Å². The Balaban J connectivity index is 1.45. The van der Waals surface area contributed by atoms with Crippen molar-refractivity contribution in [2.24, 2.45) is 0 Å². The quantitative estimate of drug-likeness (QED) is 0.706. The van der Waals surface area contributed by atoms with Crippen LogP contribution in [0.25, 0.3) is 5.69 Å². The van der Waals surface area contributed by atoms with E-state index < -0.39 is 5.97 Å². The smallest absolute Gasteiger partial charge is 0.339 e. The third kappa shape index (κ3) is 3.73. The summed E-state index contributed by atoms with van der Waals surface area (Å²) < 4.78 is 1.55. The number of benzene rings is 1. The van der Waals surface area contributed by atoms with Crippen LogP contribution in [0, 0.1) is 13.8 Å². The Morgan fingerprint density at radius 2 is 1.93 bits per heavy atom. The van der Waals surface area contributed by atoms with Gasteiger partial charge in [-0.05, 0) is 62.9 Å². The van der Waals surface area contributed by atoms with Gasteiger partial charge in [0.15, 0.2) is 0 Å². The molecule has 2 N–H and O–H groups in total. The molecule has 1 aromatic carbocycles. The van der Waals surface area contributed by atoms with E-state index in [9.17, 15) is 9.59 Å². The van der Waals surface area contributed by atoms with E-state index in [1.807, 2.05) is 13.1 Å². The molecule has 1 aliphatic rings. The van der Waals surface area contributed by atoms with Crippen LogP contribution < -0.4 is 5.32 Å². The Bertz CT molecular complexity index is 1090. The predicted molar refractivity (Wildman–Crippen MR) is 105 cm³/mol. The highest BCUT2D eigenvalue weighted by molar-refractivity contribution is 5.94. The van der Waals surface area contributed by atoms with E-state index in [1.54, 1.807) is 35.9 Å². The fourth-order valence-corrected chi connectivity index (χ4v) is 3.63. The van der Waals surface area contributed by atoms with Crippen LogP contribution in [-0.4, -0.2) is 42.8 Å². The van der Waals surface area contributed by atoms with E-state index >= 15 is 0 Å². The zero-order chi connectivity index (χ0) is 20.5. The van der Waals surface area contributed by atoms with Crippen LogP contribution in [0.2, 0.25) is 0 Å². The van der Waals surface area contributed by atoms with Crippen LogP contribution >= 0.6 is 0 Å². The van der Waals surface area contributed by atoms with Gasteiger partial charge < -0.3 is 10.4 Å². The maximum absolute atomic E-state index is 12.6. The van der Waals surface area contributed by atoms with E-state index in [4.69, 9.17) is 5.11 Å². The minimum absolute atomic E-state index is 0.0486. The van der Waals surface area contributed by atoms with Crippen molar-refractivity contribution in [2.75, 3.05) is 0 Å². The fourth-order valence-electron chi connectivity index (χ4n) is 3.63. The number of carbonyl (C=O) groups is 2. The summed E-state index contributed by atoms with van der Waals surface area (Å²) in [5, 5.41) is 16.4. The standard InChI is InChI=1S/C21H21N5O3/c1-12-18(21(28)29)11-23-26(12)17-6-3-14(4-7-17)20(27)25-16-5-8-19-15(9-16)10-22-13(2)24-19/h3-4,6-7,10-11,16H,5,8-9H2,1-2H3,(H,25,27)(H,28,29). The highest BCUT2D eigenvalue weighted by Crippen LogP contribution is 2.20. The Labute approximate surface area is 167 Å². The summed E-state index contributed by atoms with van der Waals surface area (Å²) in [7, 11) is 0. The number of fused-ring (bicyclic) bond motifs is 1. The monoisotopic (exact) mass is 391 g/mol. The Morgan fingerprint density at radius 3 is 2.62 bits per heavy atom. The largest absolute Gasteiger partial charge is 0.478 e. The lowest BCUT2D eigenvalue weighted by Crippen LogP contribution is -2.39. The van der Waals surface area contributed by atoms with E-state index in [0.29, 0.717) is 16.9 Å². The molecule has 1 aliphatic carbocycles. The molecule has 0 aliphatic heterocycles. The number of carboxylic acid groups (broad SMARTS) is 1. The average molecular weight is 391 g/mol. The zero-order valence-electron chi connectivity index (χ0n) is 16.2. The van der Waals surface area contributed by atoms with Crippen molar-refractivity contribution in [3.05, 3.63) is 70.6 Å². The lowest BCUT2D eigenvalue weighted by Gasteiger charge is -2.24. The second kappa shape index (κ2) is 7.46. The summed E-state index contributed by atoms with van der Waals surface area (Å²) in [4.78, 5) is 32.6. The third-order valence-corrected chi connectivity index (χ3v) is 5.22. The molecular weight excluding hydrogens is 370 g/mol. The molecule has 2 aromatic heterocycles. The molecule has 1 unspecified atom stereocenters. The van der Waals surface area contributed by atoms with Gasteiger partial charge in [-0.15, -0.1) is 0 Å². The number of nitrogens with one attached hydrogen (secondary N) is 1. The van der Waals surface area contributed by atoms with Gasteiger partial charge in [0.2, 0.25) is 0 Å². The molecule has 1 atom stereocenters. The summed E-state index contributed by atoms with van der Waals surface area (Å²) in [6, 6.07) is 7.00. The summed E-state index contributed by atoms with van der Waals surface area (Å²) in [6.07, 6.45) is 5.57. The van der Waals surface area contributed by atoms with Crippen LogP contribution in [0.1, 0.15) is 49.9 Å². The Hall–Kier alpha value is -3.55. The Kier molecular flexibility index (Phi) is 4.84. The number of aromatic nitrogens is 4. The van der Waals surface area contributed by atoms with Gasteiger partial charge in [-0.25, -0.2) is 19.4 Å². The SMILES string of the molecule is Cc1ncc2c(n1)CCC(NC(=O)c1ccc(-n3ncc(C(=O)O)c3C)cc1)C2. The first-order valence-corrected chi connectivity index (χ1v) is 9.43. The van der Waals surface area contributed by atoms with Gasteiger partial charge in [-0.2, -0.15) is 5.10 Å². The molecule has 148 valence electrons. The summed E-state index contributed by atoms with van der Waals surface area (Å²) in [5.74, 6) is -0.380. The molecule has 2 heterocycles. The topological polar surface area (TPSA) is 110 Å². The van der Waals surface area contributed by atoms with E-state index in [0.717, 1.165) is 36.3 Å². The molecular formula is C21H21N5O3. The van der Waals surface area contributed by atoms with Crippen molar-refractivity contribution < 1.29 is 14.7 Å². The van der Waals surface area contributed by atoms with Crippen LogP contribution in [0.5, 0.6) is 0 Å². The van der Waals surface area contributed by atoms with E-state index in [1.165, 1.54) is 6.20 Å². The average Bonchev–Trinajstić information content (AvgIpc) is 3.10. The van der Waals surface area contributed by atoms with Crippen molar-refractivity contribution >= 4 is 11.9 Å². The minimum atomic E-state index is -1.01. The number of nitrogens with zero attached hydrogens (tertiary/aromatic N) is 4. The summed E-state index contributed by atoms with van der Waals surface area (Å²) in [5.41, 5.74) is 4.10. The predicted octanol–water partition coefficient (Wildman–Crippen LogP) is 2.26. The molecule has 1 amide bonds. The molecule has 0 bridgehead atoms. The molecule has 0 fully saturated rings. The van der Waals surface area contributed by atoms with Crippen molar-refractivity contribution in [1.82, 2.24) is 25.1 Å². The highest BCUT2D eigenvalue weighted by atomic mass is 16.4. The molecule has 4 rings (SSSR count). The first kappa shape index (κ1) is 18.8. The van der Waals surface area contributed by atoms with Gasteiger partial charge in [-0.3, -0.25) is 4.79 Å². The van der Waals surface area contributed by atoms with Crippen molar-refractivity contribution in [1.29, 1.82) is 0 Å². The molecule has 0 saturated heterocycles. The van der Waals surface area contributed by atoms with Gasteiger partial charge in [0, 0.05) is 23.5 Å². The first-order valence-electron chi connectivity index (χ1n) is 9.43. The van der Waals surface area contributed by atoms with Gasteiger partial charge in [0.05, 0.1) is 17.6 Å². The first-order chi connectivity index (χ1) is 13.9. The summed E-state index contributed by atoms with van der Waals surface area (Å²) >= 11 is 0. The summed E-state index contributed by atoms with van der Waals surface area (Å²) in [6.45, 7) is 3.58. The second-order valence-corrected chi connectivity index (χ2v) is 7.21. The molecule has 3 aromatic rings. The number of carboxylic acids is 1. The molecule has 0 saturated carbocycles. The van der Waals surface area contributed by atoms with Crippen LogP contribution in [0.15, 0.2) is 36.7 Å². The lowest BCUT2D eigenvalue weighted by atomic mass is 9.92. The maximum Gasteiger partial charge on any atom is 0.339 e. The number of amides is 1. The van der Waals surface area contributed by atoms with Gasteiger partial charge in [-0.1, -0.05) is 0 Å². The zero-order valence-corrected chi connectivity index (χ0v) is 16.2. The van der Waals surface area contributed by atoms with Crippen molar-refractivity contribution in [3.8, 4) is 5.69 Å². The molecule has 0 spiro atoms. The maximum atomic E-state index is 12.6. The van der Waals surface area contributed by atoms with Crippen molar-refractivity contribution in [2.45, 2.75) is 39.2 Å². The van der Waals surface area contributed by atoms with E-state index in [2.05, 4.69) is 20.4 Å². The number of hydrogen-bond acceptors (Lipinski definition) is 5. The van der Waals surface area contributed by atoms with Gasteiger partial charge >= 0.3 is 5.97 Å². The normalized spacial score (nSPS) is 15.6. The fraction of sp³-hybridized carbons (Fsp3) is 0.286. The second-order valence-electron chi connectivity index (χ2n) is 7.21. The molecule has 29 heavy (non-hydrogen) atoms. The number of rotatable bonds is 4. The third-order valence-electron chi connectivity index (χ3n) is 5.22. The van der Waals surface area contributed by atoms with Gasteiger partial charge in [0.25, 0.3) is 5.91 Å². The lowest BCUT2D eigenvalue weighted by molar-refractivity contribution is 0.0695. The highest BCUT2D eigenvalue weighted by Gasteiger charge is 2.22. The molecule has 8 nitrogen and oxygen atoms in total. The number of aromatic carboxylic acids is 1. The van der Waals surface area contributed by atoms with Crippen LogP contribution in [-0.2, 0) is 12.8 Å². The van der Waals surface area contributed by atoms with Crippen molar-refractivity contribution in [3.63, 3.8) is 0 Å². The van der Waals surface area contributed by atoms with Crippen LogP contribution in [0.4, 0.5) is 0 Å². The minimum Gasteiger partial charge on any atom is -0.478 e. The van der Waals surface area contributed by atoms with Crippen LogP contribution in [0.3, 0.4) is 0 Å². The number of hydrogen-bond donors (Lipinski definition) is 2. The molecule has 0 radical (unpaired) electrons. The number of aryl methyl sites for hydroxylation is 2.